The molecule has 0 aromatic heterocycles. The van der Waals surface area contributed by atoms with Gasteiger partial charge < -0.3 is 11.1 Å². The molecule has 0 fully saturated rings. The normalized spacial score (nSPS) is 12.7. The lowest BCUT2D eigenvalue weighted by Crippen LogP contribution is -2.44. The van der Waals surface area contributed by atoms with Crippen molar-refractivity contribution in [1.29, 1.82) is 0 Å². The highest BCUT2D eigenvalue weighted by Crippen LogP contribution is 2.23. The summed E-state index contributed by atoms with van der Waals surface area (Å²) < 4.78 is 65.6. The second-order valence-corrected chi connectivity index (χ2v) is 4.50. The number of nitrogens with two attached hydrogens (primary N) is 1. The van der Waals surface area contributed by atoms with Crippen LogP contribution in [0.3, 0.4) is 0 Å². The first kappa shape index (κ1) is 16.4. The summed E-state index contributed by atoms with van der Waals surface area (Å²) in [6.07, 6.45) is 0. The average Bonchev–Trinajstić information content (AvgIpc) is 2.40. The summed E-state index contributed by atoms with van der Waals surface area (Å²) in [5.41, 5.74) is 3.84. The summed E-state index contributed by atoms with van der Waals surface area (Å²) in [5, 5.41) is 2.14. The summed E-state index contributed by atoms with van der Waals surface area (Å²) >= 11 is 0. The standard InChI is InChI=1S/C12H13F5N2O/c1-4(2)5(3-18)19-12(20)6-7(13)9(15)11(17)10(16)8(6)14/h4-5H,3,18H2,1-2H3,(H,19,20). The van der Waals surface area contributed by atoms with E-state index in [4.69, 9.17) is 5.73 Å². The predicted molar refractivity (Wildman–Crippen MR) is 61.4 cm³/mol. The molecule has 1 aromatic carbocycles. The van der Waals surface area contributed by atoms with E-state index in [0.29, 0.717) is 0 Å². The summed E-state index contributed by atoms with van der Waals surface area (Å²) in [4.78, 5) is 11.7. The first-order valence-corrected chi connectivity index (χ1v) is 5.74. The molecule has 1 unspecified atom stereocenters. The van der Waals surface area contributed by atoms with Crippen molar-refractivity contribution in [1.82, 2.24) is 5.32 Å². The van der Waals surface area contributed by atoms with E-state index in [0.717, 1.165) is 0 Å². The number of nitrogens with one attached hydrogen (secondary N) is 1. The van der Waals surface area contributed by atoms with Crippen molar-refractivity contribution in [2.24, 2.45) is 11.7 Å². The summed E-state index contributed by atoms with van der Waals surface area (Å²) in [7, 11) is 0. The third-order valence-corrected chi connectivity index (χ3v) is 2.81. The van der Waals surface area contributed by atoms with Crippen molar-refractivity contribution in [3.8, 4) is 0 Å². The fourth-order valence-corrected chi connectivity index (χ4v) is 1.54. The molecule has 1 atom stereocenters. The Morgan fingerprint density at radius 2 is 1.40 bits per heavy atom. The molecular weight excluding hydrogens is 283 g/mol. The third-order valence-electron chi connectivity index (χ3n) is 2.81. The molecule has 1 aromatic rings. The fraction of sp³-hybridized carbons (Fsp3) is 0.417. The maximum absolute atomic E-state index is 13.4. The largest absolute Gasteiger partial charge is 0.348 e. The van der Waals surface area contributed by atoms with Gasteiger partial charge in [0.15, 0.2) is 23.3 Å². The van der Waals surface area contributed by atoms with Gasteiger partial charge in [-0.1, -0.05) is 13.8 Å². The lowest BCUT2D eigenvalue weighted by atomic mass is 10.0. The lowest BCUT2D eigenvalue weighted by molar-refractivity contribution is 0.0916. The van der Waals surface area contributed by atoms with Gasteiger partial charge in [-0.2, -0.15) is 0 Å². The van der Waals surface area contributed by atoms with Crippen LogP contribution in [-0.4, -0.2) is 18.5 Å². The first-order chi connectivity index (χ1) is 9.22. The molecule has 20 heavy (non-hydrogen) atoms. The predicted octanol–water partition coefficient (Wildman–Crippen LogP) is 2.10. The molecular formula is C12H13F5N2O. The van der Waals surface area contributed by atoms with Crippen LogP contribution in [0.2, 0.25) is 0 Å². The van der Waals surface area contributed by atoms with Crippen LogP contribution in [0, 0.1) is 35.0 Å². The van der Waals surface area contributed by atoms with Gasteiger partial charge in [0.1, 0.15) is 5.56 Å². The Labute approximate surface area is 112 Å². The zero-order valence-electron chi connectivity index (χ0n) is 10.7. The fourth-order valence-electron chi connectivity index (χ4n) is 1.54. The SMILES string of the molecule is CC(C)C(CN)NC(=O)c1c(F)c(F)c(F)c(F)c1F. The van der Waals surface area contributed by atoms with Crippen molar-refractivity contribution in [2.75, 3.05) is 6.54 Å². The quantitative estimate of drug-likeness (QED) is 0.508. The molecule has 0 saturated carbocycles. The number of halogens is 5. The Morgan fingerprint density at radius 1 is 1.00 bits per heavy atom. The van der Waals surface area contributed by atoms with Crippen LogP contribution < -0.4 is 11.1 Å². The van der Waals surface area contributed by atoms with Crippen LogP contribution in [0.25, 0.3) is 0 Å². The van der Waals surface area contributed by atoms with E-state index < -0.39 is 46.6 Å². The molecule has 0 aliphatic rings. The molecule has 3 nitrogen and oxygen atoms in total. The molecule has 1 amide bonds. The third kappa shape index (κ3) is 2.90. The van der Waals surface area contributed by atoms with E-state index in [2.05, 4.69) is 5.32 Å². The number of amides is 1. The number of hydrogen-bond acceptors (Lipinski definition) is 2. The van der Waals surface area contributed by atoms with Crippen LogP contribution in [0.15, 0.2) is 0 Å². The Hall–Kier alpha value is -1.70. The monoisotopic (exact) mass is 296 g/mol. The van der Waals surface area contributed by atoms with Gasteiger partial charge in [0.2, 0.25) is 5.82 Å². The van der Waals surface area contributed by atoms with Gasteiger partial charge in [0.25, 0.3) is 5.91 Å². The highest BCUT2D eigenvalue weighted by molar-refractivity contribution is 5.95. The topological polar surface area (TPSA) is 55.1 Å². The Balaban J connectivity index is 3.24. The Morgan fingerprint density at radius 3 is 1.75 bits per heavy atom. The lowest BCUT2D eigenvalue weighted by Gasteiger charge is -2.20. The van der Waals surface area contributed by atoms with Crippen molar-refractivity contribution in [3.63, 3.8) is 0 Å². The zero-order chi connectivity index (χ0) is 15.6. The van der Waals surface area contributed by atoms with E-state index in [9.17, 15) is 26.7 Å². The number of carbonyl (C=O) groups is 1. The van der Waals surface area contributed by atoms with Gasteiger partial charge in [-0.3, -0.25) is 4.79 Å². The molecule has 0 aliphatic carbocycles. The van der Waals surface area contributed by atoms with E-state index in [1.165, 1.54) is 0 Å². The van der Waals surface area contributed by atoms with Gasteiger partial charge in [0, 0.05) is 12.6 Å². The van der Waals surface area contributed by atoms with Crippen molar-refractivity contribution in [2.45, 2.75) is 19.9 Å². The Bertz CT molecular complexity index is 504. The van der Waals surface area contributed by atoms with Gasteiger partial charge in [-0.05, 0) is 5.92 Å². The molecule has 1 rings (SSSR count). The second-order valence-electron chi connectivity index (χ2n) is 4.50. The molecule has 0 aliphatic heterocycles. The highest BCUT2D eigenvalue weighted by atomic mass is 19.2. The van der Waals surface area contributed by atoms with Crippen molar-refractivity contribution < 1.29 is 26.7 Å². The number of rotatable bonds is 4. The minimum absolute atomic E-state index is 0.0429. The number of benzene rings is 1. The van der Waals surface area contributed by atoms with E-state index in [-0.39, 0.29) is 12.5 Å². The number of carbonyl (C=O) groups excluding carboxylic acids is 1. The molecule has 0 bridgehead atoms. The molecule has 0 heterocycles. The van der Waals surface area contributed by atoms with Crippen LogP contribution in [0.5, 0.6) is 0 Å². The van der Waals surface area contributed by atoms with Crippen LogP contribution in [-0.2, 0) is 0 Å². The van der Waals surface area contributed by atoms with E-state index in [1.807, 2.05) is 0 Å². The average molecular weight is 296 g/mol. The molecule has 0 saturated heterocycles. The van der Waals surface area contributed by atoms with Gasteiger partial charge >= 0.3 is 0 Å². The van der Waals surface area contributed by atoms with Crippen LogP contribution in [0.4, 0.5) is 22.0 Å². The maximum atomic E-state index is 13.4. The molecule has 8 heteroatoms. The van der Waals surface area contributed by atoms with Crippen LogP contribution in [0.1, 0.15) is 24.2 Å². The van der Waals surface area contributed by atoms with Crippen molar-refractivity contribution >= 4 is 5.91 Å². The Kier molecular flexibility index (Phi) is 5.04. The van der Waals surface area contributed by atoms with Gasteiger partial charge in [-0.15, -0.1) is 0 Å². The van der Waals surface area contributed by atoms with Gasteiger partial charge in [-0.25, -0.2) is 22.0 Å². The first-order valence-electron chi connectivity index (χ1n) is 5.74. The molecule has 0 radical (unpaired) electrons. The highest BCUT2D eigenvalue weighted by Gasteiger charge is 2.30. The summed E-state index contributed by atoms with van der Waals surface area (Å²) in [6.45, 7) is 3.31. The maximum Gasteiger partial charge on any atom is 0.257 e. The van der Waals surface area contributed by atoms with E-state index >= 15 is 0 Å². The summed E-state index contributed by atoms with van der Waals surface area (Å²) in [5.74, 6) is -12.6. The summed E-state index contributed by atoms with van der Waals surface area (Å²) in [6, 6.07) is -0.655. The molecule has 0 spiro atoms. The zero-order valence-corrected chi connectivity index (χ0v) is 10.7. The molecule has 112 valence electrons. The smallest absolute Gasteiger partial charge is 0.257 e. The number of hydrogen-bond donors (Lipinski definition) is 2. The van der Waals surface area contributed by atoms with Crippen molar-refractivity contribution in [3.05, 3.63) is 34.6 Å². The second kappa shape index (κ2) is 6.17. The molecule has 3 N–H and O–H groups in total. The minimum atomic E-state index is -2.31. The van der Waals surface area contributed by atoms with E-state index in [1.54, 1.807) is 13.8 Å². The minimum Gasteiger partial charge on any atom is -0.348 e. The van der Waals surface area contributed by atoms with Gasteiger partial charge in [0.05, 0.1) is 0 Å². The van der Waals surface area contributed by atoms with Crippen LogP contribution >= 0.6 is 0 Å².